The van der Waals surface area contributed by atoms with Gasteiger partial charge in [-0.15, -0.1) is 0 Å². The van der Waals surface area contributed by atoms with Crippen LogP contribution in [0, 0.1) is 5.92 Å². The van der Waals surface area contributed by atoms with Gasteiger partial charge in [-0.05, 0) is 115 Å². The summed E-state index contributed by atoms with van der Waals surface area (Å²) in [4.78, 5) is 8.47. The molecule has 1 aliphatic heterocycles. The Morgan fingerprint density at radius 1 is 1.05 bits per heavy atom. The fourth-order valence-corrected chi connectivity index (χ4v) is 7.43. The normalized spacial score (nSPS) is 16.0. The van der Waals surface area contributed by atoms with Crippen LogP contribution in [0.4, 0.5) is 0 Å². The molecule has 0 bridgehead atoms. The number of thioether (sulfide) groups is 1. The van der Waals surface area contributed by atoms with Gasteiger partial charge in [0.15, 0.2) is 6.29 Å². The van der Waals surface area contributed by atoms with E-state index in [1.54, 1.807) is 17.4 Å². The van der Waals surface area contributed by atoms with Crippen molar-refractivity contribution in [3.05, 3.63) is 87.8 Å². The van der Waals surface area contributed by atoms with Gasteiger partial charge in [0.05, 0.1) is 17.6 Å². The Kier molecular flexibility index (Phi) is 23.6. The highest BCUT2D eigenvalue weighted by molar-refractivity contribution is 8.10. The van der Waals surface area contributed by atoms with Crippen molar-refractivity contribution in [1.29, 1.82) is 0 Å². The SMILES string of the molecule is C=C(NCc1ccc(C(S/C=C\CC)=C(C)C)cc1)C1CCCN1C(=C1CCC1)C(c1cc(OCC(OCC)OCC)no1)C(C)C.CC(C)(C)ONO.CC(C)(C)S. The van der Waals surface area contributed by atoms with E-state index in [9.17, 15) is 0 Å². The lowest BCUT2D eigenvalue weighted by Crippen LogP contribution is -2.38. The van der Waals surface area contributed by atoms with Gasteiger partial charge in [0.25, 0.3) is 5.88 Å². The maximum Gasteiger partial charge on any atom is 0.254 e. The van der Waals surface area contributed by atoms with Crippen LogP contribution in [0.5, 0.6) is 5.88 Å². The molecule has 2 fully saturated rings. The Morgan fingerprint density at radius 2 is 1.68 bits per heavy atom. The first kappa shape index (κ1) is 52.4. The van der Waals surface area contributed by atoms with Crippen LogP contribution in [0.25, 0.3) is 4.91 Å². The molecule has 2 atom stereocenters. The molecular formula is C47H78N4O6S2. The average molecular weight is 859 g/mol. The second-order valence-corrected chi connectivity index (χ2v) is 19.7. The zero-order valence-electron chi connectivity index (χ0n) is 38.6. The number of thiol groups is 1. The van der Waals surface area contributed by atoms with Crippen molar-refractivity contribution in [1.82, 2.24) is 21.0 Å². The Morgan fingerprint density at radius 3 is 2.15 bits per heavy atom. The summed E-state index contributed by atoms with van der Waals surface area (Å²) in [6.45, 7) is 34.3. The van der Waals surface area contributed by atoms with Crippen LogP contribution in [-0.4, -0.2) is 64.3 Å². The molecule has 334 valence electrons. The van der Waals surface area contributed by atoms with Crippen LogP contribution in [0.3, 0.4) is 0 Å². The fraction of sp³-hybridized carbons (Fsp3) is 0.638. The van der Waals surface area contributed by atoms with Crippen LogP contribution in [0.2, 0.25) is 0 Å². The number of ether oxygens (including phenoxy) is 3. The molecule has 1 aromatic heterocycles. The number of nitrogens with zero attached hydrogens (tertiary/aromatic N) is 2. The van der Waals surface area contributed by atoms with Crippen molar-refractivity contribution in [2.24, 2.45) is 5.92 Å². The van der Waals surface area contributed by atoms with Gasteiger partial charge >= 0.3 is 0 Å². The number of aromatic nitrogens is 1. The van der Waals surface area contributed by atoms with Crippen molar-refractivity contribution in [3.8, 4) is 5.88 Å². The number of allylic oxidation sites excluding steroid dienone is 4. The second kappa shape index (κ2) is 26.6. The molecule has 1 aromatic carbocycles. The van der Waals surface area contributed by atoms with Gasteiger partial charge in [0.2, 0.25) is 0 Å². The number of likely N-dealkylation sites (tertiary alicyclic amines) is 1. The molecule has 1 saturated heterocycles. The number of hydrogen-bond acceptors (Lipinski definition) is 12. The highest BCUT2D eigenvalue weighted by Gasteiger charge is 2.38. The molecule has 0 amide bonds. The van der Waals surface area contributed by atoms with Crippen molar-refractivity contribution in [2.75, 3.05) is 26.4 Å². The van der Waals surface area contributed by atoms with Crippen LogP contribution >= 0.6 is 24.4 Å². The summed E-state index contributed by atoms with van der Waals surface area (Å²) in [6.07, 6.45) is 8.56. The van der Waals surface area contributed by atoms with Gasteiger partial charge in [0, 0.05) is 53.4 Å². The van der Waals surface area contributed by atoms with Gasteiger partial charge in [-0.25, -0.2) is 0 Å². The molecular weight excluding hydrogens is 781 g/mol. The van der Waals surface area contributed by atoms with E-state index in [1.807, 2.05) is 40.7 Å². The molecule has 0 spiro atoms. The monoisotopic (exact) mass is 859 g/mol. The molecule has 2 unspecified atom stereocenters. The van der Waals surface area contributed by atoms with Crippen molar-refractivity contribution < 1.29 is 28.8 Å². The summed E-state index contributed by atoms with van der Waals surface area (Å²) in [5.74, 6) is 1.72. The van der Waals surface area contributed by atoms with Gasteiger partial charge in [-0.1, -0.05) is 107 Å². The third-order valence-electron chi connectivity index (χ3n) is 9.19. The summed E-state index contributed by atoms with van der Waals surface area (Å²) >= 11 is 5.93. The average Bonchev–Trinajstić information content (AvgIpc) is 3.80. The topological polar surface area (TPSA) is 110 Å². The lowest BCUT2D eigenvalue weighted by atomic mass is 9.80. The number of nitrogens with one attached hydrogen (secondary N) is 2. The summed E-state index contributed by atoms with van der Waals surface area (Å²) in [5.41, 5.74) is 9.16. The minimum absolute atomic E-state index is 0.0833. The first-order valence-electron chi connectivity index (χ1n) is 21.4. The van der Waals surface area contributed by atoms with E-state index in [4.69, 9.17) is 23.9 Å². The third-order valence-corrected chi connectivity index (χ3v) is 10.4. The molecule has 1 aliphatic carbocycles. The minimum Gasteiger partial charge on any atom is -0.470 e. The molecule has 2 aliphatic rings. The Labute approximate surface area is 367 Å². The van der Waals surface area contributed by atoms with Crippen LogP contribution in [0.15, 0.2) is 75.5 Å². The van der Waals surface area contributed by atoms with E-state index >= 15 is 0 Å². The quantitative estimate of drug-likeness (QED) is 0.0580. The van der Waals surface area contributed by atoms with E-state index in [0.29, 0.717) is 25.0 Å². The Hall–Kier alpha value is -2.71. The van der Waals surface area contributed by atoms with Gasteiger partial charge in [-0.3, -0.25) is 10.0 Å². The van der Waals surface area contributed by atoms with E-state index < -0.39 is 6.29 Å². The molecule has 2 heterocycles. The first-order chi connectivity index (χ1) is 27.8. The summed E-state index contributed by atoms with van der Waals surface area (Å²) in [5, 5.41) is 18.1. The van der Waals surface area contributed by atoms with Crippen molar-refractivity contribution in [2.45, 2.75) is 164 Å². The van der Waals surface area contributed by atoms with Gasteiger partial charge in [0.1, 0.15) is 12.4 Å². The molecule has 4 rings (SSSR count). The highest BCUT2D eigenvalue weighted by atomic mass is 32.2. The minimum atomic E-state index is -0.428. The van der Waals surface area contributed by atoms with Gasteiger partial charge < -0.3 is 29.0 Å². The zero-order chi connectivity index (χ0) is 44.2. The summed E-state index contributed by atoms with van der Waals surface area (Å²) < 4.78 is 23.4. The fourth-order valence-electron chi connectivity index (χ4n) is 6.50. The molecule has 3 N–H and O–H groups in total. The number of hydrogen-bond donors (Lipinski definition) is 4. The molecule has 0 radical (unpaired) electrons. The highest BCUT2D eigenvalue weighted by Crippen LogP contribution is 2.45. The maximum atomic E-state index is 7.93. The molecule has 2 aromatic rings. The van der Waals surface area contributed by atoms with Gasteiger partial charge in [-0.2, -0.15) is 12.6 Å². The van der Waals surface area contributed by atoms with Crippen molar-refractivity contribution in [3.63, 3.8) is 0 Å². The summed E-state index contributed by atoms with van der Waals surface area (Å²) in [7, 11) is 0. The van der Waals surface area contributed by atoms with E-state index in [1.165, 1.54) is 39.3 Å². The first-order valence-corrected chi connectivity index (χ1v) is 22.8. The Bertz CT molecular complexity index is 1580. The smallest absolute Gasteiger partial charge is 0.254 e. The summed E-state index contributed by atoms with van der Waals surface area (Å²) in [6, 6.07) is 11.1. The van der Waals surface area contributed by atoms with E-state index in [2.05, 4.69) is 131 Å². The lowest BCUT2D eigenvalue weighted by Gasteiger charge is -2.39. The predicted molar refractivity (Wildman–Crippen MR) is 249 cm³/mol. The molecule has 12 heteroatoms. The molecule has 10 nitrogen and oxygen atoms in total. The van der Waals surface area contributed by atoms with Crippen LogP contribution in [0.1, 0.15) is 151 Å². The zero-order valence-corrected chi connectivity index (χ0v) is 40.3. The molecule has 1 saturated carbocycles. The lowest BCUT2D eigenvalue weighted by molar-refractivity contribution is -0.191. The number of rotatable bonds is 20. The predicted octanol–water partition coefficient (Wildman–Crippen LogP) is 12.2. The standard InChI is InChI=1S/C39H57N3O4S.C4H11NO2.C4H10S/c1-9-12-23-47-39(28(6)7)32-20-18-30(19-21-32)25-40-29(8)33-17-14-22-42(33)38(31-15-13-16-31)37(27(4)5)34-24-35(41-46-34)45-26-36(43-10-2)44-11-3;1-4(2,3)7-5-6;1-4(2,3)5/h12,18-21,23-24,27,33,36-37,40H,8-11,13-17,22,25-26H2,1-7H3;5-6H,1-3H3;5H,1-3H3/b23-12-;;. The van der Waals surface area contributed by atoms with E-state index in [-0.39, 0.29) is 28.9 Å². The van der Waals surface area contributed by atoms with Crippen molar-refractivity contribution >= 4 is 29.3 Å². The third kappa shape index (κ3) is 19.7. The Balaban J connectivity index is 0.000000871. The van der Waals surface area contributed by atoms with Crippen LogP contribution < -0.4 is 15.7 Å². The largest absolute Gasteiger partial charge is 0.470 e. The second-order valence-electron chi connectivity index (χ2n) is 17.4. The molecule has 59 heavy (non-hydrogen) atoms. The maximum absolute atomic E-state index is 7.93. The van der Waals surface area contributed by atoms with E-state index in [0.717, 1.165) is 56.7 Å². The number of benzene rings is 1. The van der Waals surface area contributed by atoms with Crippen LogP contribution in [-0.2, 0) is 20.9 Å².